The first-order valence-electron chi connectivity index (χ1n) is 6.03. The Balaban J connectivity index is 2.21. The van der Waals surface area contributed by atoms with Crippen molar-refractivity contribution in [3.05, 3.63) is 69.9 Å². The lowest BCUT2D eigenvalue weighted by molar-refractivity contribution is 0.886. The van der Waals surface area contributed by atoms with Gasteiger partial charge in [-0.25, -0.2) is 0 Å². The quantitative estimate of drug-likeness (QED) is 0.725. The molecule has 0 saturated carbocycles. The van der Waals surface area contributed by atoms with E-state index in [9.17, 15) is 0 Å². The SMILES string of the molecule is Cc1ccc([C@H](N)c2ccsc2)c2ccccc12. The van der Waals surface area contributed by atoms with E-state index < -0.39 is 0 Å². The zero-order valence-electron chi connectivity index (χ0n) is 10.3. The minimum Gasteiger partial charge on any atom is -0.320 e. The molecule has 0 bridgehead atoms. The smallest absolute Gasteiger partial charge is 0.0566 e. The molecule has 1 aromatic heterocycles. The Labute approximate surface area is 111 Å². The van der Waals surface area contributed by atoms with Crippen LogP contribution in [0.3, 0.4) is 0 Å². The lowest BCUT2D eigenvalue weighted by Crippen LogP contribution is -2.11. The highest BCUT2D eigenvalue weighted by atomic mass is 32.1. The Morgan fingerprint density at radius 2 is 1.78 bits per heavy atom. The topological polar surface area (TPSA) is 26.0 Å². The molecular weight excluding hydrogens is 238 g/mol. The third kappa shape index (κ3) is 1.84. The summed E-state index contributed by atoms with van der Waals surface area (Å²) in [5.74, 6) is 0. The fraction of sp³-hybridized carbons (Fsp3) is 0.125. The van der Waals surface area contributed by atoms with Crippen molar-refractivity contribution in [2.24, 2.45) is 5.73 Å². The normalized spacial score (nSPS) is 12.8. The summed E-state index contributed by atoms with van der Waals surface area (Å²) in [7, 11) is 0. The number of hydrogen-bond donors (Lipinski definition) is 1. The maximum Gasteiger partial charge on any atom is 0.0566 e. The van der Waals surface area contributed by atoms with Gasteiger partial charge >= 0.3 is 0 Å². The highest BCUT2D eigenvalue weighted by molar-refractivity contribution is 7.08. The van der Waals surface area contributed by atoms with Gasteiger partial charge in [0.25, 0.3) is 0 Å². The van der Waals surface area contributed by atoms with Crippen LogP contribution in [0.5, 0.6) is 0 Å². The Hall–Kier alpha value is -1.64. The molecule has 3 rings (SSSR count). The Kier molecular flexibility index (Phi) is 2.90. The van der Waals surface area contributed by atoms with Gasteiger partial charge in [-0.15, -0.1) is 0 Å². The van der Waals surface area contributed by atoms with Crippen molar-refractivity contribution >= 4 is 22.1 Å². The molecular formula is C16H15NS. The van der Waals surface area contributed by atoms with Gasteiger partial charge in [-0.1, -0.05) is 36.4 Å². The summed E-state index contributed by atoms with van der Waals surface area (Å²) in [6, 6.07) is 14.8. The lowest BCUT2D eigenvalue weighted by atomic mass is 9.94. The third-order valence-electron chi connectivity index (χ3n) is 3.41. The van der Waals surface area contributed by atoms with Gasteiger partial charge in [0.15, 0.2) is 0 Å². The first kappa shape index (κ1) is 11.5. The highest BCUT2D eigenvalue weighted by Crippen LogP contribution is 2.29. The molecule has 3 aromatic rings. The highest BCUT2D eigenvalue weighted by Gasteiger charge is 2.12. The molecule has 2 aromatic carbocycles. The molecule has 0 radical (unpaired) electrons. The van der Waals surface area contributed by atoms with E-state index in [1.807, 2.05) is 0 Å². The van der Waals surface area contributed by atoms with Crippen LogP contribution in [-0.2, 0) is 0 Å². The van der Waals surface area contributed by atoms with Crippen molar-refractivity contribution in [2.45, 2.75) is 13.0 Å². The van der Waals surface area contributed by atoms with E-state index in [1.54, 1.807) is 11.3 Å². The number of aryl methyl sites for hydroxylation is 1. The van der Waals surface area contributed by atoms with Crippen LogP contribution in [0, 0.1) is 6.92 Å². The molecule has 90 valence electrons. The van der Waals surface area contributed by atoms with Gasteiger partial charge in [0.1, 0.15) is 0 Å². The maximum atomic E-state index is 6.38. The third-order valence-corrected chi connectivity index (χ3v) is 4.11. The van der Waals surface area contributed by atoms with Gasteiger partial charge in [0.2, 0.25) is 0 Å². The van der Waals surface area contributed by atoms with E-state index in [-0.39, 0.29) is 6.04 Å². The molecule has 0 spiro atoms. The molecule has 1 heterocycles. The summed E-state index contributed by atoms with van der Waals surface area (Å²) in [4.78, 5) is 0. The molecule has 2 N–H and O–H groups in total. The predicted molar refractivity (Wildman–Crippen MR) is 79.0 cm³/mol. The average molecular weight is 253 g/mol. The predicted octanol–water partition coefficient (Wildman–Crippen LogP) is 4.26. The summed E-state index contributed by atoms with van der Waals surface area (Å²) in [6.45, 7) is 2.14. The minimum atomic E-state index is -0.0400. The maximum absolute atomic E-state index is 6.38. The van der Waals surface area contributed by atoms with Gasteiger partial charge in [-0.2, -0.15) is 11.3 Å². The van der Waals surface area contributed by atoms with E-state index in [0.717, 1.165) is 0 Å². The Morgan fingerprint density at radius 1 is 1.00 bits per heavy atom. The number of fused-ring (bicyclic) bond motifs is 1. The number of benzene rings is 2. The van der Waals surface area contributed by atoms with Crippen molar-refractivity contribution in [3.63, 3.8) is 0 Å². The number of hydrogen-bond acceptors (Lipinski definition) is 2. The second-order valence-corrected chi connectivity index (χ2v) is 5.33. The fourth-order valence-electron chi connectivity index (χ4n) is 2.38. The molecule has 0 aliphatic rings. The van der Waals surface area contributed by atoms with Gasteiger partial charge in [0.05, 0.1) is 6.04 Å². The van der Waals surface area contributed by atoms with E-state index in [0.29, 0.717) is 0 Å². The molecule has 1 nitrogen and oxygen atoms in total. The second kappa shape index (κ2) is 4.56. The minimum absolute atomic E-state index is 0.0400. The van der Waals surface area contributed by atoms with Crippen LogP contribution < -0.4 is 5.73 Å². The monoisotopic (exact) mass is 253 g/mol. The van der Waals surface area contributed by atoms with Crippen molar-refractivity contribution in [3.8, 4) is 0 Å². The van der Waals surface area contributed by atoms with E-state index in [1.165, 1.54) is 27.5 Å². The molecule has 0 aliphatic heterocycles. The largest absolute Gasteiger partial charge is 0.320 e. The Bertz CT molecular complexity index is 671. The molecule has 0 amide bonds. The lowest BCUT2D eigenvalue weighted by Gasteiger charge is -2.15. The number of nitrogens with two attached hydrogens (primary N) is 1. The number of thiophene rings is 1. The molecule has 0 unspecified atom stereocenters. The first-order valence-corrected chi connectivity index (χ1v) is 6.97. The average Bonchev–Trinajstić information content (AvgIpc) is 2.93. The molecule has 18 heavy (non-hydrogen) atoms. The van der Waals surface area contributed by atoms with Gasteiger partial charge < -0.3 is 5.73 Å². The Morgan fingerprint density at radius 3 is 2.50 bits per heavy atom. The van der Waals surface area contributed by atoms with E-state index >= 15 is 0 Å². The summed E-state index contributed by atoms with van der Waals surface area (Å²) in [6.07, 6.45) is 0. The van der Waals surface area contributed by atoms with Gasteiger partial charge in [-0.05, 0) is 51.2 Å². The molecule has 1 atom stereocenters. The zero-order valence-corrected chi connectivity index (χ0v) is 11.1. The summed E-state index contributed by atoms with van der Waals surface area (Å²) in [5, 5.41) is 6.75. The summed E-state index contributed by atoms with van der Waals surface area (Å²) in [5.41, 5.74) is 10.1. The standard InChI is InChI=1S/C16H15NS/c1-11-6-7-15(14-5-3-2-4-13(11)14)16(17)12-8-9-18-10-12/h2-10,16H,17H2,1H3/t16-/m1/s1. The van der Waals surface area contributed by atoms with Crippen LogP contribution in [-0.4, -0.2) is 0 Å². The molecule has 2 heteroatoms. The van der Waals surface area contributed by atoms with Crippen molar-refractivity contribution < 1.29 is 0 Å². The van der Waals surface area contributed by atoms with Crippen LogP contribution in [0.25, 0.3) is 10.8 Å². The van der Waals surface area contributed by atoms with Crippen LogP contribution in [0.15, 0.2) is 53.2 Å². The summed E-state index contributed by atoms with van der Waals surface area (Å²) >= 11 is 1.69. The van der Waals surface area contributed by atoms with Crippen molar-refractivity contribution in [1.82, 2.24) is 0 Å². The van der Waals surface area contributed by atoms with E-state index in [2.05, 4.69) is 60.1 Å². The first-order chi connectivity index (χ1) is 8.77. The second-order valence-electron chi connectivity index (χ2n) is 4.55. The van der Waals surface area contributed by atoms with Crippen LogP contribution in [0.2, 0.25) is 0 Å². The van der Waals surface area contributed by atoms with E-state index in [4.69, 9.17) is 5.73 Å². The van der Waals surface area contributed by atoms with Gasteiger partial charge in [-0.3, -0.25) is 0 Å². The van der Waals surface area contributed by atoms with Crippen LogP contribution >= 0.6 is 11.3 Å². The van der Waals surface area contributed by atoms with Gasteiger partial charge in [0, 0.05) is 0 Å². The fourth-order valence-corrected chi connectivity index (χ4v) is 3.07. The number of rotatable bonds is 2. The zero-order chi connectivity index (χ0) is 12.5. The molecule has 0 aliphatic carbocycles. The summed E-state index contributed by atoms with van der Waals surface area (Å²) < 4.78 is 0. The van der Waals surface area contributed by atoms with Crippen molar-refractivity contribution in [1.29, 1.82) is 0 Å². The van der Waals surface area contributed by atoms with Crippen molar-refractivity contribution in [2.75, 3.05) is 0 Å². The van der Waals surface area contributed by atoms with Crippen LogP contribution in [0.4, 0.5) is 0 Å². The molecule has 0 saturated heterocycles. The van der Waals surface area contributed by atoms with Crippen LogP contribution in [0.1, 0.15) is 22.7 Å². The molecule has 0 fully saturated rings.